The second-order valence-electron chi connectivity index (χ2n) is 5.18. The highest BCUT2D eigenvalue weighted by Crippen LogP contribution is 2.46. The lowest BCUT2D eigenvalue weighted by molar-refractivity contribution is 0.0692. The zero-order valence-corrected chi connectivity index (χ0v) is 15.0. The lowest BCUT2D eigenvalue weighted by atomic mass is 10.00. The van der Waals surface area contributed by atoms with Crippen LogP contribution in [0.5, 0.6) is 17.2 Å². The minimum Gasteiger partial charge on any atom is -0.492 e. The number of rotatable bonds is 6. The Labute approximate surface area is 145 Å². The summed E-state index contributed by atoms with van der Waals surface area (Å²) < 4.78 is 39.4. The summed E-state index contributed by atoms with van der Waals surface area (Å²) in [5.74, 6) is -0.826. The van der Waals surface area contributed by atoms with Gasteiger partial charge in [-0.25, -0.2) is 13.2 Å². The van der Waals surface area contributed by atoms with Crippen molar-refractivity contribution >= 4 is 15.8 Å². The van der Waals surface area contributed by atoms with Gasteiger partial charge in [-0.15, -0.1) is 0 Å². The molecule has 0 aliphatic carbocycles. The molecular weight excluding hydrogens is 348 g/mol. The molecule has 0 aliphatic rings. The number of sulfone groups is 1. The van der Waals surface area contributed by atoms with Crippen molar-refractivity contribution in [1.82, 2.24) is 0 Å². The summed E-state index contributed by atoms with van der Waals surface area (Å²) >= 11 is 0. The first kappa shape index (κ1) is 18.6. The molecule has 0 radical (unpaired) electrons. The van der Waals surface area contributed by atoms with Gasteiger partial charge >= 0.3 is 5.97 Å². The summed E-state index contributed by atoms with van der Waals surface area (Å²) in [5, 5.41) is 9.46. The first-order chi connectivity index (χ1) is 11.7. The molecule has 0 heterocycles. The molecule has 1 N–H and O–H groups in total. The summed E-state index contributed by atoms with van der Waals surface area (Å²) in [4.78, 5) is 11.7. The summed E-state index contributed by atoms with van der Waals surface area (Å²) in [5.41, 5.74) is 0.728. The number of carboxylic acids is 1. The predicted octanol–water partition coefficient (Wildman–Crippen LogP) is 2.48. The number of carbonyl (C=O) groups is 1. The lowest BCUT2D eigenvalue weighted by Crippen LogP contribution is -2.05. The van der Waals surface area contributed by atoms with Crippen molar-refractivity contribution in [1.29, 1.82) is 0 Å². The average molecular weight is 366 g/mol. The van der Waals surface area contributed by atoms with E-state index in [1.54, 1.807) is 12.1 Å². The van der Waals surface area contributed by atoms with Crippen LogP contribution in [0.1, 0.15) is 10.4 Å². The fourth-order valence-electron chi connectivity index (χ4n) is 2.48. The third-order valence-corrected chi connectivity index (χ3v) is 4.72. The minimum atomic E-state index is -3.42. The van der Waals surface area contributed by atoms with Gasteiger partial charge in [0.05, 0.1) is 26.2 Å². The molecule has 2 rings (SSSR count). The standard InChI is InChI=1S/C17H18O7S/c1-22-14-12(10-6-5-7-11(8-10)25(4,20)21)9-13(17(18)19)15(23-2)16(14)24-3/h5-9H,1-4H3,(H,18,19). The van der Waals surface area contributed by atoms with E-state index in [0.29, 0.717) is 11.1 Å². The Balaban J connectivity index is 2.86. The van der Waals surface area contributed by atoms with Gasteiger partial charge in [0.15, 0.2) is 21.3 Å². The van der Waals surface area contributed by atoms with Gasteiger partial charge < -0.3 is 19.3 Å². The second-order valence-corrected chi connectivity index (χ2v) is 7.19. The molecule has 0 atom stereocenters. The molecule has 0 amide bonds. The van der Waals surface area contributed by atoms with Crippen LogP contribution in [-0.4, -0.2) is 47.1 Å². The third kappa shape index (κ3) is 3.53. The summed E-state index contributed by atoms with van der Waals surface area (Å²) in [7, 11) is 0.674. The number of methoxy groups -OCH3 is 3. The van der Waals surface area contributed by atoms with Gasteiger partial charge in [0.1, 0.15) is 5.56 Å². The van der Waals surface area contributed by atoms with Crippen LogP contribution in [0.3, 0.4) is 0 Å². The molecule has 134 valence electrons. The van der Waals surface area contributed by atoms with E-state index in [0.717, 1.165) is 6.26 Å². The minimum absolute atomic E-state index is 0.0230. The van der Waals surface area contributed by atoms with Crippen molar-refractivity contribution in [2.24, 2.45) is 0 Å². The molecule has 2 aromatic carbocycles. The smallest absolute Gasteiger partial charge is 0.339 e. The van der Waals surface area contributed by atoms with Crippen LogP contribution >= 0.6 is 0 Å². The molecule has 7 nitrogen and oxygen atoms in total. The number of benzene rings is 2. The van der Waals surface area contributed by atoms with Crippen molar-refractivity contribution < 1.29 is 32.5 Å². The summed E-state index contributed by atoms with van der Waals surface area (Å²) in [6, 6.07) is 7.51. The van der Waals surface area contributed by atoms with Gasteiger partial charge in [-0.05, 0) is 23.8 Å². The van der Waals surface area contributed by atoms with E-state index in [1.165, 1.54) is 39.5 Å². The highest BCUT2D eigenvalue weighted by atomic mass is 32.2. The topological polar surface area (TPSA) is 99.1 Å². The van der Waals surface area contributed by atoms with Crippen molar-refractivity contribution in [2.75, 3.05) is 27.6 Å². The molecule has 25 heavy (non-hydrogen) atoms. The molecule has 8 heteroatoms. The number of aromatic carboxylic acids is 1. The highest BCUT2D eigenvalue weighted by Gasteiger charge is 2.25. The molecule has 0 unspecified atom stereocenters. The predicted molar refractivity (Wildman–Crippen MR) is 91.6 cm³/mol. The van der Waals surface area contributed by atoms with Crippen LogP contribution in [0.15, 0.2) is 35.2 Å². The average Bonchev–Trinajstić information content (AvgIpc) is 2.58. The maximum absolute atomic E-state index is 11.8. The SMILES string of the molecule is COc1c(C(=O)O)cc(-c2cccc(S(C)(=O)=O)c2)c(OC)c1OC. The second kappa shape index (κ2) is 7.02. The number of ether oxygens (including phenoxy) is 3. The maximum Gasteiger partial charge on any atom is 0.339 e. The molecule has 0 saturated carbocycles. The van der Waals surface area contributed by atoms with Crippen LogP contribution in [0.25, 0.3) is 11.1 Å². The van der Waals surface area contributed by atoms with E-state index in [-0.39, 0.29) is 27.7 Å². The molecule has 0 saturated heterocycles. The van der Waals surface area contributed by atoms with E-state index in [4.69, 9.17) is 14.2 Å². The Morgan fingerprint density at radius 2 is 1.56 bits per heavy atom. The Morgan fingerprint density at radius 1 is 0.960 bits per heavy atom. The van der Waals surface area contributed by atoms with Gasteiger partial charge in [0, 0.05) is 11.8 Å². The highest BCUT2D eigenvalue weighted by molar-refractivity contribution is 7.90. The zero-order valence-electron chi connectivity index (χ0n) is 14.2. The molecule has 0 fully saturated rings. The van der Waals surface area contributed by atoms with Gasteiger partial charge in [0.2, 0.25) is 5.75 Å². The molecule has 0 aliphatic heterocycles. The van der Waals surface area contributed by atoms with Gasteiger partial charge in [0.25, 0.3) is 0 Å². The van der Waals surface area contributed by atoms with Gasteiger partial charge in [-0.1, -0.05) is 12.1 Å². The van der Waals surface area contributed by atoms with Gasteiger partial charge in [-0.2, -0.15) is 0 Å². The third-order valence-electron chi connectivity index (χ3n) is 3.61. The van der Waals surface area contributed by atoms with Crippen molar-refractivity contribution in [2.45, 2.75) is 4.90 Å². The fraction of sp³-hybridized carbons (Fsp3) is 0.235. The Kier molecular flexibility index (Phi) is 5.22. The summed E-state index contributed by atoms with van der Waals surface area (Å²) in [6.07, 6.45) is 1.10. The largest absolute Gasteiger partial charge is 0.492 e. The maximum atomic E-state index is 11.8. The van der Waals surface area contributed by atoms with Crippen LogP contribution in [0.4, 0.5) is 0 Å². The van der Waals surface area contributed by atoms with Crippen molar-refractivity contribution in [3.05, 3.63) is 35.9 Å². The zero-order chi connectivity index (χ0) is 18.8. The van der Waals surface area contributed by atoms with E-state index in [9.17, 15) is 18.3 Å². The molecule has 0 spiro atoms. The first-order valence-corrected chi connectivity index (χ1v) is 9.00. The summed E-state index contributed by atoms with van der Waals surface area (Å²) in [6.45, 7) is 0. The first-order valence-electron chi connectivity index (χ1n) is 7.11. The molecule has 2 aromatic rings. The van der Waals surface area contributed by atoms with E-state index in [1.807, 2.05) is 0 Å². The molecular formula is C17H18O7S. The number of hydrogen-bond acceptors (Lipinski definition) is 6. The normalized spacial score (nSPS) is 11.0. The van der Waals surface area contributed by atoms with E-state index < -0.39 is 15.8 Å². The van der Waals surface area contributed by atoms with Crippen LogP contribution in [-0.2, 0) is 9.84 Å². The van der Waals surface area contributed by atoms with Crippen molar-refractivity contribution in [3.63, 3.8) is 0 Å². The van der Waals surface area contributed by atoms with Gasteiger partial charge in [-0.3, -0.25) is 0 Å². The van der Waals surface area contributed by atoms with Crippen LogP contribution in [0.2, 0.25) is 0 Å². The number of hydrogen-bond donors (Lipinski definition) is 1. The lowest BCUT2D eigenvalue weighted by Gasteiger charge is -2.18. The molecule has 0 bridgehead atoms. The quantitative estimate of drug-likeness (QED) is 0.838. The Morgan fingerprint density at radius 3 is 2.04 bits per heavy atom. The van der Waals surface area contributed by atoms with Crippen LogP contribution in [0, 0.1) is 0 Å². The fourth-order valence-corrected chi connectivity index (χ4v) is 3.15. The van der Waals surface area contributed by atoms with E-state index in [2.05, 4.69) is 0 Å². The number of carboxylic acid groups (broad SMARTS) is 1. The van der Waals surface area contributed by atoms with Crippen molar-refractivity contribution in [3.8, 4) is 28.4 Å². The Hall–Kier alpha value is -2.74. The molecule has 0 aromatic heterocycles. The Bertz CT molecular complexity index is 917. The van der Waals surface area contributed by atoms with Crippen LogP contribution < -0.4 is 14.2 Å². The van der Waals surface area contributed by atoms with E-state index >= 15 is 0 Å². The monoisotopic (exact) mass is 366 g/mol.